The van der Waals surface area contributed by atoms with Gasteiger partial charge in [0.1, 0.15) is 12.3 Å². The standard InChI is InChI=1S/C40H54N2O6Si2/c1-39(2,3)49(7,8)46-24-33-32(48-50(9,10)40(4,5)6)22-34(47-33)42-23-28(37(44)41-38(42)45)18-21-31(43)29-19-16-27-15-14-25-12-11-13-26-17-20-30(29)36(27)35(25)26/h11-17,19-20,23,31-34,43H,18,21-22,24H2,1-10H3,(H,41,44,45)/t31?,32-,33+,34+/m0/s1. The molecule has 6 rings (SSSR count). The SMILES string of the molecule is CC(C)(C)[Si](C)(C)OC[C@H]1O[C@@H](n2cc(CCC(O)c3ccc4ccc5cccc6ccc3c4c56)c(=O)[nH]c2=O)C[C@@H]1O[Si](C)(C)C(C)(C)C. The van der Waals surface area contributed by atoms with E-state index in [-0.39, 0.29) is 28.7 Å². The first-order chi connectivity index (χ1) is 23.3. The van der Waals surface area contributed by atoms with Gasteiger partial charge in [-0.3, -0.25) is 14.3 Å². The fourth-order valence-electron chi connectivity index (χ4n) is 6.62. The average molecular weight is 715 g/mol. The molecule has 8 nitrogen and oxygen atoms in total. The molecule has 0 aliphatic carbocycles. The van der Waals surface area contributed by atoms with E-state index in [4.69, 9.17) is 13.6 Å². The van der Waals surface area contributed by atoms with Gasteiger partial charge in [-0.1, -0.05) is 96.1 Å². The van der Waals surface area contributed by atoms with E-state index in [1.807, 2.05) is 6.07 Å². The van der Waals surface area contributed by atoms with Crippen molar-refractivity contribution >= 4 is 49.0 Å². The van der Waals surface area contributed by atoms with Crippen molar-refractivity contribution in [1.29, 1.82) is 0 Å². The van der Waals surface area contributed by atoms with Crippen molar-refractivity contribution in [2.75, 3.05) is 6.61 Å². The molecule has 0 bridgehead atoms. The second kappa shape index (κ2) is 13.1. The van der Waals surface area contributed by atoms with Gasteiger partial charge in [0.15, 0.2) is 16.6 Å². The Bertz CT molecular complexity index is 2110. The van der Waals surface area contributed by atoms with Crippen LogP contribution in [0.15, 0.2) is 70.4 Å². The van der Waals surface area contributed by atoms with Gasteiger partial charge >= 0.3 is 5.69 Å². The third-order valence-electron chi connectivity index (χ3n) is 11.8. The smallest absolute Gasteiger partial charge is 0.330 e. The predicted molar refractivity (Wildman–Crippen MR) is 208 cm³/mol. The highest BCUT2D eigenvalue weighted by Crippen LogP contribution is 2.43. The van der Waals surface area contributed by atoms with Crippen LogP contribution in [0.25, 0.3) is 32.3 Å². The summed E-state index contributed by atoms with van der Waals surface area (Å²) in [5.74, 6) is 0. The Hall–Kier alpha value is -3.13. The maximum atomic E-state index is 13.3. The monoisotopic (exact) mass is 714 g/mol. The Morgan fingerprint density at radius 3 is 2.12 bits per heavy atom. The second-order valence-corrected chi connectivity index (χ2v) is 26.8. The minimum atomic E-state index is -2.18. The van der Waals surface area contributed by atoms with Crippen LogP contribution >= 0.6 is 0 Å². The maximum absolute atomic E-state index is 13.3. The normalized spacial score (nSPS) is 20.0. The molecular formula is C40H54N2O6Si2. The molecule has 2 heterocycles. The van der Waals surface area contributed by atoms with E-state index < -0.39 is 40.2 Å². The Morgan fingerprint density at radius 1 is 0.880 bits per heavy atom. The molecule has 1 aliphatic heterocycles. The van der Waals surface area contributed by atoms with E-state index >= 15 is 0 Å². The molecule has 1 saturated heterocycles. The van der Waals surface area contributed by atoms with Gasteiger partial charge in [-0.05, 0) is 87.0 Å². The summed E-state index contributed by atoms with van der Waals surface area (Å²) in [5, 5.41) is 18.4. The van der Waals surface area contributed by atoms with Crippen LogP contribution < -0.4 is 11.2 Å². The number of nitrogens with zero attached hydrogens (tertiary/aromatic N) is 1. The van der Waals surface area contributed by atoms with Crippen LogP contribution in [0.4, 0.5) is 0 Å². The fraction of sp³-hybridized carbons (Fsp3) is 0.500. The Kier molecular flexibility index (Phi) is 9.63. The molecule has 0 amide bonds. The minimum absolute atomic E-state index is 0.00649. The number of nitrogens with one attached hydrogen (secondary N) is 1. The molecular weight excluding hydrogens is 661 g/mol. The molecule has 0 radical (unpaired) electrons. The minimum Gasteiger partial charge on any atom is -0.414 e. The summed E-state index contributed by atoms with van der Waals surface area (Å²) in [7, 11) is -4.26. The molecule has 0 saturated carbocycles. The number of hydrogen-bond donors (Lipinski definition) is 2. The number of aryl methyl sites for hydroxylation is 1. The van der Waals surface area contributed by atoms with Crippen LogP contribution in [0, 0.1) is 0 Å². The third-order valence-corrected chi connectivity index (χ3v) is 20.8. The van der Waals surface area contributed by atoms with Crippen molar-refractivity contribution in [2.45, 2.75) is 122 Å². The van der Waals surface area contributed by atoms with Crippen molar-refractivity contribution in [3.63, 3.8) is 0 Å². The first-order valence-corrected chi connectivity index (χ1v) is 23.8. The van der Waals surface area contributed by atoms with Crippen LogP contribution in [0.3, 0.4) is 0 Å². The van der Waals surface area contributed by atoms with Gasteiger partial charge in [-0.2, -0.15) is 0 Å². The number of aliphatic hydroxyl groups excluding tert-OH is 1. The third kappa shape index (κ3) is 6.90. The van der Waals surface area contributed by atoms with Crippen molar-refractivity contribution < 1.29 is 18.7 Å². The summed E-state index contributed by atoms with van der Waals surface area (Å²) in [5.41, 5.74) is 0.287. The lowest BCUT2D eigenvalue weighted by Crippen LogP contribution is -2.48. The molecule has 1 fully saturated rings. The number of aromatic amines is 1. The zero-order valence-corrected chi connectivity index (χ0v) is 33.3. The molecule has 268 valence electrons. The average Bonchev–Trinajstić information content (AvgIpc) is 3.42. The van der Waals surface area contributed by atoms with Gasteiger partial charge < -0.3 is 18.7 Å². The van der Waals surface area contributed by atoms with Crippen molar-refractivity contribution in [3.8, 4) is 0 Å². The first kappa shape index (κ1) is 36.7. The maximum Gasteiger partial charge on any atom is 0.330 e. The molecule has 1 aliphatic rings. The zero-order chi connectivity index (χ0) is 36.4. The van der Waals surface area contributed by atoms with E-state index in [9.17, 15) is 14.7 Å². The van der Waals surface area contributed by atoms with E-state index in [0.29, 0.717) is 25.0 Å². The predicted octanol–water partition coefficient (Wildman–Crippen LogP) is 8.80. The van der Waals surface area contributed by atoms with Gasteiger partial charge in [0.2, 0.25) is 0 Å². The van der Waals surface area contributed by atoms with Crippen LogP contribution in [0.5, 0.6) is 0 Å². The Labute approximate surface area is 297 Å². The lowest BCUT2D eigenvalue weighted by molar-refractivity contribution is -0.0413. The molecule has 1 aromatic heterocycles. The lowest BCUT2D eigenvalue weighted by Gasteiger charge is -2.40. The molecule has 0 spiro atoms. The number of hydrogen-bond acceptors (Lipinski definition) is 6. The van der Waals surface area contributed by atoms with Crippen LogP contribution in [0.1, 0.15) is 77.8 Å². The Morgan fingerprint density at radius 2 is 1.48 bits per heavy atom. The summed E-state index contributed by atoms with van der Waals surface area (Å²) in [6, 6.07) is 18.8. The van der Waals surface area contributed by atoms with E-state index in [1.54, 1.807) is 6.20 Å². The number of aliphatic hydroxyl groups is 1. The number of benzene rings is 4. The highest BCUT2D eigenvalue weighted by Gasteiger charge is 2.47. The lowest BCUT2D eigenvalue weighted by atomic mass is 9.89. The molecule has 4 aromatic carbocycles. The van der Waals surface area contributed by atoms with Gasteiger partial charge in [0.25, 0.3) is 5.56 Å². The van der Waals surface area contributed by atoms with Crippen molar-refractivity contribution in [3.05, 3.63) is 92.8 Å². The molecule has 4 atom stereocenters. The van der Waals surface area contributed by atoms with Gasteiger partial charge in [0.05, 0.1) is 18.8 Å². The summed E-state index contributed by atoms with van der Waals surface area (Å²) >= 11 is 0. The highest BCUT2D eigenvalue weighted by atomic mass is 28.4. The molecule has 5 aromatic rings. The van der Waals surface area contributed by atoms with Gasteiger partial charge in [-0.25, -0.2) is 4.79 Å². The largest absolute Gasteiger partial charge is 0.414 e. The van der Waals surface area contributed by atoms with Crippen molar-refractivity contribution in [1.82, 2.24) is 9.55 Å². The number of H-pyrrole nitrogens is 1. The summed E-state index contributed by atoms with van der Waals surface area (Å²) in [6.45, 7) is 22.5. The van der Waals surface area contributed by atoms with Gasteiger partial charge in [-0.15, -0.1) is 0 Å². The summed E-state index contributed by atoms with van der Waals surface area (Å²) in [6.07, 6.45) is 0.637. The summed E-state index contributed by atoms with van der Waals surface area (Å²) < 4.78 is 21.6. The van der Waals surface area contributed by atoms with E-state index in [0.717, 1.165) is 21.7 Å². The van der Waals surface area contributed by atoms with Gasteiger partial charge in [0, 0.05) is 18.2 Å². The quantitative estimate of drug-likeness (QED) is 0.111. The Balaban J connectivity index is 1.25. The highest BCUT2D eigenvalue weighted by molar-refractivity contribution is 6.74. The summed E-state index contributed by atoms with van der Waals surface area (Å²) in [4.78, 5) is 28.9. The number of ether oxygens (including phenoxy) is 1. The molecule has 50 heavy (non-hydrogen) atoms. The van der Waals surface area contributed by atoms with Crippen LogP contribution in [-0.4, -0.2) is 50.1 Å². The van der Waals surface area contributed by atoms with Crippen molar-refractivity contribution in [2.24, 2.45) is 0 Å². The zero-order valence-electron chi connectivity index (χ0n) is 31.3. The first-order valence-electron chi connectivity index (χ1n) is 17.9. The van der Waals surface area contributed by atoms with E-state index in [2.05, 4.69) is 121 Å². The molecule has 2 N–H and O–H groups in total. The second-order valence-electron chi connectivity index (χ2n) is 17.2. The number of aromatic nitrogens is 2. The van der Waals surface area contributed by atoms with E-state index in [1.165, 1.54) is 20.7 Å². The topological polar surface area (TPSA) is 103 Å². The fourth-order valence-corrected chi connectivity index (χ4v) is 9.00. The number of rotatable bonds is 10. The molecule has 10 heteroatoms. The van der Waals surface area contributed by atoms with Crippen LogP contribution in [-0.2, 0) is 20.0 Å². The molecule has 1 unspecified atom stereocenters. The van der Waals surface area contributed by atoms with Crippen LogP contribution in [0.2, 0.25) is 36.3 Å².